The maximum absolute atomic E-state index is 15.3. The van der Waals surface area contributed by atoms with Gasteiger partial charge in [0.05, 0.1) is 18.2 Å². The molecule has 0 bridgehead atoms. The zero-order valence-electron chi connectivity index (χ0n) is 22.0. The molecule has 2 aromatic rings. The first-order chi connectivity index (χ1) is 17.5. The minimum Gasteiger partial charge on any atom is -0.423 e. The first-order valence-corrected chi connectivity index (χ1v) is 12.7. The van der Waals surface area contributed by atoms with Crippen LogP contribution in [0.25, 0.3) is 0 Å². The Balaban J connectivity index is 1.78. The third kappa shape index (κ3) is 5.70. The molecule has 2 aromatic carbocycles. The fraction of sp³-hybridized carbons (Fsp3) is 0.379. The Morgan fingerprint density at radius 3 is 2.57 bits per heavy atom. The summed E-state index contributed by atoms with van der Waals surface area (Å²) in [5.74, 6) is -1.67. The summed E-state index contributed by atoms with van der Waals surface area (Å²) in [6, 6.07) is 11.8. The highest BCUT2D eigenvalue weighted by molar-refractivity contribution is 6.61. The predicted molar refractivity (Wildman–Crippen MR) is 142 cm³/mol. The van der Waals surface area contributed by atoms with E-state index < -0.39 is 30.3 Å². The summed E-state index contributed by atoms with van der Waals surface area (Å²) in [6.07, 6.45) is 5.64. The van der Waals surface area contributed by atoms with Crippen molar-refractivity contribution < 1.29 is 23.7 Å². The van der Waals surface area contributed by atoms with Gasteiger partial charge in [0.1, 0.15) is 5.82 Å². The van der Waals surface area contributed by atoms with Gasteiger partial charge in [-0.25, -0.2) is 9.40 Å². The lowest BCUT2D eigenvalue weighted by Gasteiger charge is -2.40. The van der Waals surface area contributed by atoms with E-state index in [9.17, 15) is 14.6 Å². The van der Waals surface area contributed by atoms with E-state index in [2.05, 4.69) is 12.3 Å². The van der Waals surface area contributed by atoms with Gasteiger partial charge in [0, 0.05) is 11.1 Å². The van der Waals surface area contributed by atoms with Crippen LogP contribution in [0.15, 0.2) is 65.8 Å². The minimum atomic E-state index is -1.22. The summed E-state index contributed by atoms with van der Waals surface area (Å²) < 4.78 is 20.5. The fourth-order valence-corrected chi connectivity index (χ4v) is 5.02. The van der Waals surface area contributed by atoms with Crippen LogP contribution in [-0.4, -0.2) is 29.0 Å². The second-order valence-corrected chi connectivity index (χ2v) is 11.1. The van der Waals surface area contributed by atoms with Gasteiger partial charge < -0.3 is 9.68 Å². The lowest BCUT2D eigenvalue weighted by Crippen LogP contribution is -2.52. The number of amides is 2. The number of carbonyl (C=O) groups is 2. The highest BCUT2D eigenvalue weighted by atomic mass is 19.1. The van der Waals surface area contributed by atoms with E-state index in [-0.39, 0.29) is 29.6 Å². The van der Waals surface area contributed by atoms with Crippen molar-refractivity contribution in [1.29, 1.82) is 0 Å². The van der Waals surface area contributed by atoms with Gasteiger partial charge in [-0.05, 0) is 48.2 Å². The number of carbonyl (C=O) groups excluding carboxylic acids is 2. The van der Waals surface area contributed by atoms with Crippen LogP contribution in [0.5, 0.6) is 0 Å². The van der Waals surface area contributed by atoms with Gasteiger partial charge in [0.2, 0.25) is 0 Å². The van der Waals surface area contributed by atoms with Gasteiger partial charge in [-0.3, -0.25) is 15.0 Å². The molecule has 2 amide bonds. The third-order valence-corrected chi connectivity index (χ3v) is 6.92. The number of nitrogens with one attached hydrogen (secondary N) is 1. The molecule has 2 aliphatic rings. The summed E-state index contributed by atoms with van der Waals surface area (Å²) in [6.45, 7) is 9.93. The molecule has 1 heterocycles. The molecular formula is C29H34BFN2O4. The van der Waals surface area contributed by atoms with E-state index in [1.165, 1.54) is 17.1 Å². The van der Waals surface area contributed by atoms with Gasteiger partial charge in [0.15, 0.2) is 0 Å². The molecule has 1 aliphatic carbocycles. The summed E-state index contributed by atoms with van der Waals surface area (Å²) >= 11 is 0. The number of halogens is 1. The molecule has 8 heteroatoms. The van der Waals surface area contributed by atoms with Crippen molar-refractivity contribution in [3.63, 3.8) is 0 Å². The van der Waals surface area contributed by atoms with Crippen molar-refractivity contribution in [2.75, 3.05) is 0 Å². The quantitative estimate of drug-likeness (QED) is 0.471. The highest BCUT2D eigenvalue weighted by Crippen LogP contribution is 2.38. The maximum Gasteiger partial charge on any atom is 0.491 e. The van der Waals surface area contributed by atoms with Crippen LogP contribution in [-0.2, 0) is 16.1 Å². The van der Waals surface area contributed by atoms with Gasteiger partial charge in [-0.1, -0.05) is 81.8 Å². The number of hydrogen-bond donors (Lipinski definition) is 2. The number of allylic oxidation sites excluding steroid dienone is 2. The van der Waals surface area contributed by atoms with Crippen molar-refractivity contribution in [2.45, 2.75) is 60.1 Å². The summed E-state index contributed by atoms with van der Waals surface area (Å²) in [4.78, 5) is 27.7. The van der Waals surface area contributed by atoms with E-state index in [4.69, 9.17) is 4.65 Å². The Labute approximate surface area is 218 Å². The van der Waals surface area contributed by atoms with E-state index >= 15 is 4.39 Å². The van der Waals surface area contributed by atoms with Crippen molar-refractivity contribution >= 4 is 24.4 Å². The molecule has 0 spiro atoms. The second kappa shape index (κ2) is 10.6. The van der Waals surface area contributed by atoms with E-state index in [1.54, 1.807) is 0 Å². The van der Waals surface area contributed by atoms with Gasteiger partial charge in [0.25, 0.3) is 11.8 Å². The van der Waals surface area contributed by atoms with E-state index in [1.807, 2.05) is 70.2 Å². The topological polar surface area (TPSA) is 78.9 Å². The molecule has 2 atom stereocenters. The number of hydrazine groups is 1. The van der Waals surface area contributed by atoms with Crippen molar-refractivity contribution in [3.05, 3.63) is 88.3 Å². The molecule has 0 aromatic heterocycles. The van der Waals surface area contributed by atoms with Crippen molar-refractivity contribution in [1.82, 2.24) is 10.4 Å². The van der Waals surface area contributed by atoms with Gasteiger partial charge in [-0.2, -0.15) is 0 Å². The fourth-order valence-electron chi connectivity index (χ4n) is 5.02. The standard InChI is InChI=1S/C29H34BFN2O4/c1-18-11-12-19(2)16-21(15-18)28(35)33(26(29(3,4)5)20-9-7-6-8-10-20)32-27(34)22-13-14-24-23(25(22)31)17-37-30(24)36/h6-10,13-16,18,26,36H,11-12,17H2,1-5H3,(H,32,34). The van der Waals surface area contributed by atoms with Crippen LogP contribution in [0, 0.1) is 17.2 Å². The van der Waals surface area contributed by atoms with E-state index in [0.29, 0.717) is 11.0 Å². The molecule has 0 radical (unpaired) electrons. The first kappa shape index (κ1) is 26.8. The molecule has 2 unspecified atom stereocenters. The number of rotatable bonds is 4. The van der Waals surface area contributed by atoms with Crippen LogP contribution >= 0.6 is 0 Å². The minimum absolute atomic E-state index is 0.129. The van der Waals surface area contributed by atoms with Crippen LogP contribution in [0.2, 0.25) is 0 Å². The lowest BCUT2D eigenvalue weighted by molar-refractivity contribution is -0.135. The van der Waals surface area contributed by atoms with Crippen LogP contribution in [0.3, 0.4) is 0 Å². The first-order valence-electron chi connectivity index (χ1n) is 12.7. The Morgan fingerprint density at radius 2 is 1.89 bits per heavy atom. The molecule has 6 nitrogen and oxygen atoms in total. The molecule has 37 heavy (non-hydrogen) atoms. The Bertz CT molecular complexity index is 1250. The Hall–Kier alpha value is -3.23. The molecule has 4 rings (SSSR count). The van der Waals surface area contributed by atoms with Crippen LogP contribution in [0.1, 0.15) is 75.0 Å². The van der Waals surface area contributed by atoms with Crippen molar-refractivity contribution in [3.8, 4) is 0 Å². The second-order valence-electron chi connectivity index (χ2n) is 11.1. The smallest absolute Gasteiger partial charge is 0.423 e. The highest BCUT2D eigenvalue weighted by Gasteiger charge is 2.38. The predicted octanol–water partition coefficient (Wildman–Crippen LogP) is 4.61. The molecule has 0 saturated carbocycles. The zero-order valence-corrected chi connectivity index (χ0v) is 22.0. The van der Waals surface area contributed by atoms with Crippen LogP contribution < -0.4 is 10.9 Å². The molecule has 0 saturated heterocycles. The lowest BCUT2D eigenvalue weighted by atomic mass is 9.79. The van der Waals surface area contributed by atoms with Gasteiger partial charge >= 0.3 is 7.12 Å². The van der Waals surface area contributed by atoms with Gasteiger partial charge in [-0.15, -0.1) is 0 Å². The molecule has 2 N–H and O–H groups in total. The molecule has 0 fully saturated rings. The number of benzene rings is 2. The SMILES string of the molecule is CC1=CC(C(=O)N(NC(=O)c2ccc3c(c2F)COB3O)C(c2ccccc2)C(C)(C)C)=CC(C)CC1. The average Bonchev–Trinajstić information content (AvgIpc) is 3.13. The summed E-state index contributed by atoms with van der Waals surface area (Å²) in [5, 5.41) is 11.2. The third-order valence-electron chi connectivity index (χ3n) is 6.92. The molecule has 194 valence electrons. The van der Waals surface area contributed by atoms with E-state index in [0.717, 1.165) is 24.0 Å². The Morgan fingerprint density at radius 1 is 1.19 bits per heavy atom. The number of hydrogen-bond acceptors (Lipinski definition) is 4. The molecule has 1 aliphatic heterocycles. The molecular weight excluding hydrogens is 470 g/mol. The Kier molecular flexibility index (Phi) is 7.71. The maximum atomic E-state index is 15.3. The zero-order chi connectivity index (χ0) is 26.9. The normalized spacial score (nSPS) is 18.4. The monoisotopic (exact) mass is 504 g/mol. The van der Waals surface area contributed by atoms with Crippen LogP contribution in [0.4, 0.5) is 4.39 Å². The number of nitrogens with zero attached hydrogens (tertiary/aromatic N) is 1. The average molecular weight is 504 g/mol. The largest absolute Gasteiger partial charge is 0.491 e. The summed E-state index contributed by atoms with van der Waals surface area (Å²) in [5.41, 5.74) is 4.95. The number of fused-ring (bicyclic) bond motifs is 1. The van der Waals surface area contributed by atoms with Crippen molar-refractivity contribution in [2.24, 2.45) is 11.3 Å². The summed E-state index contributed by atoms with van der Waals surface area (Å²) in [7, 11) is -1.22.